The van der Waals surface area contributed by atoms with Crippen LogP contribution < -0.4 is 10.6 Å². The molecule has 0 spiro atoms. The van der Waals surface area contributed by atoms with Gasteiger partial charge in [-0.25, -0.2) is 9.59 Å². The average molecular weight is 487 g/mol. The lowest BCUT2D eigenvalue weighted by molar-refractivity contribution is -0.171. The SMILES string of the molecule is CCC(CNC(=O)OCC1c2ccccc2-c2ccccc21)C(=O)NC(C1CC1)C(F)(F)C(=O)O. The lowest BCUT2D eigenvalue weighted by Crippen LogP contribution is -2.55. The van der Waals surface area contributed by atoms with Gasteiger partial charge in [-0.3, -0.25) is 4.79 Å². The van der Waals surface area contributed by atoms with Crippen LogP contribution in [0.25, 0.3) is 11.1 Å². The molecule has 3 N–H and O–H groups in total. The molecule has 1 fully saturated rings. The highest BCUT2D eigenvalue weighted by Crippen LogP contribution is 2.44. The van der Waals surface area contributed by atoms with E-state index in [-0.39, 0.29) is 25.5 Å². The summed E-state index contributed by atoms with van der Waals surface area (Å²) in [4.78, 5) is 36.0. The number of alkyl carbamates (subject to hydrolysis) is 1. The maximum atomic E-state index is 14.1. The van der Waals surface area contributed by atoms with Crippen molar-refractivity contribution in [3.63, 3.8) is 0 Å². The summed E-state index contributed by atoms with van der Waals surface area (Å²) in [5, 5.41) is 13.6. The van der Waals surface area contributed by atoms with Crippen molar-refractivity contribution in [3.8, 4) is 11.1 Å². The van der Waals surface area contributed by atoms with Crippen molar-refractivity contribution in [2.24, 2.45) is 11.8 Å². The Morgan fingerprint density at radius 3 is 2.14 bits per heavy atom. The molecule has 0 bridgehead atoms. The lowest BCUT2D eigenvalue weighted by Gasteiger charge is -2.26. The van der Waals surface area contributed by atoms with E-state index in [9.17, 15) is 23.2 Å². The van der Waals surface area contributed by atoms with Gasteiger partial charge in [-0.15, -0.1) is 0 Å². The second kappa shape index (κ2) is 10.0. The van der Waals surface area contributed by atoms with E-state index in [1.165, 1.54) is 0 Å². The van der Waals surface area contributed by atoms with Crippen LogP contribution in [0.2, 0.25) is 0 Å². The molecule has 0 heterocycles. The number of fused-ring (bicyclic) bond motifs is 3. The third-order valence-electron chi connectivity index (χ3n) is 6.77. The van der Waals surface area contributed by atoms with Gasteiger partial charge in [-0.05, 0) is 47.4 Å². The molecule has 0 aliphatic heterocycles. The summed E-state index contributed by atoms with van der Waals surface area (Å²) in [6, 6.07) is 14.1. The Hall–Kier alpha value is -3.49. The van der Waals surface area contributed by atoms with Crippen molar-refractivity contribution in [1.29, 1.82) is 0 Å². The van der Waals surface area contributed by atoms with Gasteiger partial charge in [-0.1, -0.05) is 55.5 Å². The number of alkyl halides is 2. The Bertz CT molecular complexity index is 1070. The van der Waals surface area contributed by atoms with Crippen LogP contribution in [0, 0.1) is 11.8 Å². The molecule has 2 atom stereocenters. The fourth-order valence-corrected chi connectivity index (χ4v) is 4.62. The first-order valence-electron chi connectivity index (χ1n) is 11.7. The van der Waals surface area contributed by atoms with Crippen molar-refractivity contribution in [2.45, 2.75) is 44.1 Å². The van der Waals surface area contributed by atoms with Crippen molar-refractivity contribution in [2.75, 3.05) is 13.2 Å². The predicted molar refractivity (Wildman–Crippen MR) is 124 cm³/mol. The molecule has 186 valence electrons. The summed E-state index contributed by atoms with van der Waals surface area (Å²) in [7, 11) is 0. The number of aliphatic carboxylic acids is 1. The summed E-state index contributed by atoms with van der Waals surface area (Å²) in [5.41, 5.74) is 4.34. The van der Waals surface area contributed by atoms with Gasteiger partial charge in [-0.2, -0.15) is 8.78 Å². The number of hydrogen-bond acceptors (Lipinski definition) is 4. The average Bonchev–Trinajstić information content (AvgIpc) is 3.63. The second-order valence-corrected chi connectivity index (χ2v) is 9.06. The zero-order chi connectivity index (χ0) is 25.2. The van der Waals surface area contributed by atoms with Gasteiger partial charge >= 0.3 is 18.0 Å². The van der Waals surface area contributed by atoms with Gasteiger partial charge in [0.1, 0.15) is 12.6 Å². The number of rotatable bonds is 10. The molecular weight excluding hydrogens is 458 g/mol. The van der Waals surface area contributed by atoms with Crippen LogP contribution in [0.15, 0.2) is 48.5 Å². The van der Waals surface area contributed by atoms with E-state index in [0.29, 0.717) is 12.8 Å². The third-order valence-corrected chi connectivity index (χ3v) is 6.77. The molecule has 7 nitrogen and oxygen atoms in total. The highest BCUT2D eigenvalue weighted by Gasteiger charge is 2.54. The van der Waals surface area contributed by atoms with Crippen molar-refractivity contribution < 1.29 is 33.0 Å². The minimum atomic E-state index is -4.06. The molecule has 0 aromatic heterocycles. The molecule has 1 saturated carbocycles. The van der Waals surface area contributed by atoms with Crippen LogP contribution in [0.4, 0.5) is 13.6 Å². The number of amides is 2. The topological polar surface area (TPSA) is 105 Å². The van der Waals surface area contributed by atoms with Crippen LogP contribution in [0.1, 0.15) is 43.2 Å². The normalized spacial score (nSPS) is 16.5. The summed E-state index contributed by atoms with van der Waals surface area (Å²) in [5.74, 6) is -8.53. The fourth-order valence-electron chi connectivity index (χ4n) is 4.62. The number of benzene rings is 2. The van der Waals surface area contributed by atoms with Crippen LogP contribution >= 0.6 is 0 Å². The van der Waals surface area contributed by atoms with E-state index in [0.717, 1.165) is 22.3 Å². The Labute approximate surface area is 201 Å². The van der Waals surface area contributed by atoms with E-state index >= 15 is 0 Å². The van der Waals surface area contributed by atoms with E-state index in [4.69, 9.17) is 9.84 Å². The maximum Gasteiger partial charge on any atom is 0.407 e. The molecule has 2 amide bonds. The molecule has 2 aliphatic carbocycles. The van der Waals surface area contributed by atoms with Crippen LogP contribution in [0.3, 0.4) is 0 Å². The Balaban J connectivity index is 1.32. The number of carboxylic acids is 1. The number of nitrogens with one attached hydrogen (secondary N) is 2. The van der Waals surface area contributed by atoms with Crippen molar-refractivity contribution in [1.82, 2.24) is 10.6 Å². The van der Waals surface area contributed by atoms with Gasteiger partial charge < -0.3 is 20.5 Å². The van der Waals surface area contributed by atoms with Crippen LogP contribution in [0.5, 0.6) is 0 Å². The number of carbonyl (C=O) groups is 3. The van der Waals surface area contributed by atoms with Crippen molar-refractivity contribution >= 4 is 18.0 Å². The summed E-state index contributed by atoms with van der Waals surface area (Å²) in [6.45, 7) is 1.68. The van der Waals surface area contributed by atoms with E-state index < -0.39 is 41.8 Å². The zero-order valence-electron chi connectivity index (χ0n) is 19.3. The lowest BCUT2D eigenvalue weighted by atomic mass is 9.98. The third kappa shape index (κ3) is 5.13. The molecule has 0 saturated heterocycles. The standard InChI is InChI=1S/C26H28F2N2O5/c1-2-15(23(31)30-22(16-11-12-16)26(27,28)24(32)33)13-29-25(34)35-14-21-19-9-5-3-7-17(19)18-8-4-6-10-20(18)21/h3-10,15-16,21-22H,2,11-14H2,1H3,(H,29,34)(H,30,31)(H,32,33). The fraction of sp³-hybridized carbons (Fsp3) is 0.423. The zero-order valence-corrected chi connectivity index (χ0v) is 19.3. The number of ether oxygens (including phenoxy) is 1. The molecule has 35 heavy (non-hydrogen) atoms. The molecule has 2 unspecified atom stereocenters. The molecule has 2 aromatic carbocycles. The minimum absolute atomic E-state index is 0.109. The first-order valence-corrected chi connectivity index (χ1v) is 11.7. The van der Waals surface area contributed by atoms with Gasteiger partial charge in [0.05, 0.1) is 5.92 Å². The highest BCUT2D eigenvalue weighted by atomic mass is 19.3. The first-order chi connectivity index (χ1) is 16.7. The Morgan fingerprint density at radius 2 is 1.63 bits per heavy atom. The van der Waals surface area contributed by atoms with Gasteiger partial charge in [0.15, 0.2) is 0 Å². The molecule has 0 radical (unpaired) electrons. The van der Waals surface area contributed by atoms with Crippen molar-refractivity contribution in [3.05, 3.63) is 59.7 Å². The summed E-state index contributed by atoms with van der Waals surface area (Å²) < 4.78 is 33.6. The van der Waals surface area contributed by atoms with Crippen LogP contribution in [-0.2, 0) is 14.3 Å². The number of halogens is 2. The van der Waals surface area contributed by atoms with Crippen LogP contribution in [-0.4, -0.2) is 48.2 Å². The Kier molecular flexibility index (Phi) is 7.05. The number of carbonyl (C=O) groups excluding carboxylic acids is 2. The smallest absolute Gasteiger partial charge is 0.407 e. The molecule has 2 aromatic rings. The van der Waals surface area contributed by atoms with Gasteiger partial charge in [0.25, 0.3) is 0 Å². The minimum Gasteiger partial charge on any atom is -0.477 e. The van der Waals surface area contributed by atoms with E-state index in [1.54, 1.807) is 6.92 Å². The van der Waals surface area contributed by atoms with E-state index in [1.807, 2.05) is 48.5 Å². The maximum absolute atomic E-state index is 14.1. The van der Waals surface area contributed by atoms with Gasteiger partial charge in [0.2, 0.25) is 5.91 Å². The molecule has 4 rings (SSSR count). The molecule has 2 aliphatic rings. The summed E-state index contributed by atoms with van der Waals surface area (Å²) in [6.07, 6.45) is 0.421. The summed E-state index contributed by atoms with van der Waals surface area (Å²) >= 11 is 0. The quantitative estimate of drug-likeness (QED) is 0.468. The Morgan fingerprint density at radius 1 is 1.06 bits per heavy atom. The second-order valence-electron chi connectivity index (χ2n) is 9.06. The van der Waals surface area contributed by atoms with E-state index in [2.05, 4.69) is 10.6 Å². The van der Waals surface area contributed by atoms with Gasteiger partial charge in [0, 0.05) is 12.5 Å². The largest absolute Gasteiger partial charge is 0.477 e. The predicted octanol–water partition coefficient (Wildman–Crippen LogP) is 4.17. The number of hydrogen-bond donors (Lipinski definition) is 3. The monoisotopic (exact) mass is 486 g/mol. The molecule has 9 heteroatoms. The first kappa shape index (κ1) is 24.6. The highest BCUT2D eigenvalue weighted by molar-refractivity contribution is 5.83. The number of carboxylic acid groups (broad SMARTS) is 1. The molecular formula is C26H28F2N2O5.